The summed E-state index contributed by atoms with van der Waals surface area (Å²) >= 11 is 4.42. The van der Waals surface area contributed by atoms with E-state index in [1.165, 1.54) is 4.90 Å². The molecule has 0 spiro atoms. The molecule has 1 unspecified atom stereocenters. The van der Waals surface area contributed by atoms with Gasteiger partial charge in [-0.2, -0.15) is 0 Å². The molecule has 3 aromatic rings. The van der Waals surface area contributed by atoms with Crippen LogP contribution in [0.25, 0.3) is 5.76 Å². The van der Waals surface area contributed by atoms with Gasteiger partial charge in [0, 0.05) is 10.0 Å². The fourth-order valence-electron chi connectivity index (χ4n) is 4.12. The number of nitrogens with zero attached hydrogens (tertiary/aromatic N) is 2. The standard InChI is InChI=1S/C28H27BrN2O6S/c1-4-6-13-37-20-12-8-10-18(15-20)23(32)21-22(17-9-7-11-19(29)14-17)31(26(34)24(21)33)28-30-16(3)25(38-28)27(35)36-5-2/h7-12,14-15,22,32H,4-6,13H2,1-3H3/b23-21+. The first kappa shape index (κ1) is 27.5. The largest absolute Gasteiger partial charge is 0.507 e. The highest BCUT2D eigenvalue weighted by atomic mass is 79.9. The van der Waals surface area contributed by atoms with Crippen molar-refractivity contribution < 1.29 is 29.0 Å². The average Bonchev–Trinajstić information content (AvgIpc) is 3.41. The molecule has 8 nitrogen and oxygen atoms in total. The quantitative estimate of drug-likeness (QED) is 0.103. The Balaban J connectivity index is 1.85. The summed E-state index contributed by atoms with van der Waals surface area (Å²) in [5.74, 6) is -2.03. The van der Waals surface area contributed by atoms with Gasteiger partial charge in [0.05, 0.1) is 30.5 Å². The van der Waals surface area contributed by atoms with Gasteiger partial charge in [0.2, 0.25) is 0 Å². The van der Waals surface area contributed by atoms with E-state index in [4.69, 9.17) is 9.47 Å². The van der Waals surface area contributed by atoms with Gasteiger partial charge in [-0.15, -0.1) is 0 Å². The smallest absolute Gasteiger partial charge is 0.350 e. The van der Waals surface area contributed by atoms with Gasteiger partial charge in [0.1, 0.15) is 16.4 Å². The van der Waals surface area contributed by atoms with E-state index < -0.39 is 23.7 Å². The number of benzene rings is 2. The Labute approximate surface area is 233 Å². The zero-order valence-corrected chi connectivity index (χ0v) is 23.6. The monoisotopic (exact) mass is 598 g/mol. The summed E-state index contributed by atoms with van der Waals surface area (Å²) in [6.07, 6.45) is 1.86. The van der Waals surface area contributed by atoms with Gasteiger partial charge in [-0.3, -0.25) is 14.5 Å². The van der Waals surface area contributed by atoms with Crippen LogP contribution in [0.15, 0.2) is 58.6 Å². The number of ketones is 1. The number of aliphatic hydroxyl groups is 1. The first-order chi connectivity index (χ1) is 18.3. The normalized spacial score (nSPS) is 16.6. The Bertz CT molecular complexity index is 1420. The molecule has 0 saturated carbocycles. The van der Waals surface area contributed by atoms with Crippen LogP contribution in [0.1, 0.15) is 59.2 Å². The highest BCUT2D eigenvalue weighted by Gasteiger charge is 2.48. The van der Waals surface area contributed by atoms with Gasteiger partial charge in [-0.1, -0.05) is 64.9 Å². The first-order valence-electron chi connectivity index (χ1n) is 12.2. The van der Waals surface area contributed by atoms with Crippen molar-refractivity contribution in [2.24, 2.45) is 0 Å². The van der Waals surface area contributed by atoms with Crippen LogP contribution in [0.4, 0.5) is 5.13 Å². The predicted octanol–water partition coefficient (Wildman–Crippen LogP) is 6.20. The second-order valence-electron chi connectivity index (χ2n) is 8.59. The molecule has 2 heterocycles. The first-order valence-corrected chi connectivity index (χ1v) is 13.8. The fraction of sp³-hybridized carbons (Fsp3) is 0.286. The number of ether oxygens (including phenoxy) is 2. The van der Waals surface area contributed by atoms with Gasteiger partial charge in [0.25, 0.3) is 5.78 Å². The molecule has 1 aliphatic heterocycles. The average molecular weight is 600 g/mol. The molecule has 1 aliphatic rings. The van der Waals surface area contributed by atoms with Crippen molar-refractivity contribution in [3.8, 4) is 5.75 Å². The number of hydrogen-bond donors (Lipinski definition) is 1. The molecule has 0 aliphatic carbocycles. The third-order valence-corrected chi connectivity index (χ3v) is 7.57. The highest BCUT2D eigenvalue weighted by Crippen LogP contribution is 2.44. The minimum Gasteiger partial charge on any atom is -0.507 e. The molecule has 1 atom stereocenters. The topological polar surface area (TPSA) is 106 Å². The lowest BCUT2D eigenvalue weighted by atomic mass is 9.95. The summed E-state index contributed by atoms with van der Waals surface area (Å²) < 4.78 is 11.6. The Morgan fingerprint density at radius 3 is 2.63 bits per heavy atom. The highest BCUT2D eigenvalue weighted by molar-refractivity contribution is 9.10. The van der Waals surface area contributed by atoms with Crippen LogP contribution in [0.2, 0.25) is 0 Å². The van der Waals surface area contributed by atoms with Crippen LogP contribution >= 0.6 is 27.3 Å². The predicted molar refractivity (Wildman–Crippen MR) is 149 cm³/mol. The van der Waals surface area contributed by atoms with E-state index in [2.05, 4.69) is 27.8 Å². The van der Waals surface area contributed by atoms with Crippen molar-refractivity contribution in [3.05, 3.63) is 80.3 Å². The molecule has 198 valence electrons. The number of carbonyl (C=O) groups excluding carboxylic acids is 3. The zero-order chi connectivity index (χ0) is 27.4. The molecule has 1 saturated heterocycles. The number of Topliss-reactive ketones (excluding diaryl/α,β-unsaturated/α-hetero) is 1. The van der Waals surface area contributed by atoms with E-state index in [1.807, 2.05) is 6.07 Å². The van der Waals surface area contributed by atoms with Gasteiger partial charge < -0.3 is 14.6 Å². The van der Waals surface area contributed by atoms with E-state index >= 15 is 0 Å². The third kappa shape index (κ3) is 5.51. The third-order valence-electron chi connectivity index (χ3n) is 5.94. The minimum absolute atomic E-state index is 0.0793. The maximum Gasteiger partial charge on any atom is 0.350 e. The molecule has 4 rings (SSSR count). The number of anilines is 1. The Morgan fingerprint density at radius 1 is 1.16 bits per heavy atom. The zero-order valence-electron chi connectivity index (χ0n) is 21.2. The van der Waals surface area contributed by atoms with E-state index in [1.54, 1.807) is 56.3 Å². The Hall–Kier alpha value is -3.50. The lowest BCUT2D eigenvalue weighted by Gasteiger charge is -2.23. The van der Waals surface area contributed by atoms with Crippen LogP contribution in [0, 0.1) is 6.92 Å². The van der Waals surface area contributed by atoms with Crippen molar-refractivity contribution in [1.29, 1.82) is 0 Å². The minimum atomic E-state index is -0.974. The van der Waals surface area contributed by atoms with Crippen molar-refractivity contribution in [2.45, 2.75) is 39.7 Å². The van der Waals surface area contributed by atoms with E-state index in [-0.39, 0.29) is 27.9 Å². The molecule has 10 heteroatoms. The van der Waals surface area contributed by atoms with Crippen molar-refractivity contribution in [1.82, 2.24) is 4.98 Å². The number of amides is 1. The number of hydrogen-bond acceptors (Lipinski definition) is 8. The Kier molecular flexibility index (Phi) is 8.63. The van der Waals surface area contributed by atoms with Gasteiger partial charge in [0.15, 0.2) is 5.13 Å². The number of aromatic nitrogens is 1. The molecular weight excluding hydrogens is 572 g/mol. The number of aliphatic hydroxyl groups excluding tert-OH is 1. The van der Waals surface area contributed by atoms with Crippen LogP contribution < -0.4 is 9.64 Å². The lowest BCUT2D eigenvalue weighted by Crippen LogP contribution is -2.29. The van der Waals surface area contributed by atoms with Crippen molar-refractivity contribution >= 4 is 55.8 Å². The second kappa shape index (κ2) is 11.9. The summed E-state index contributed by atoms with van der Waals surface area (Å²) in [5.41, 5.74) is 1.24. The Morgan fingerprint density at radius 2 is 1.92 bits per heavy atom. The number of carbonyl (C=O) groups is 3. The van der Waals surface area contributed by atoms with Crippen molar-refractivity contribution in [3.63, 3.8) is 0 Å². The maximum absolute atomic E-state index is 13.4. The molecule has 1 fully saturated rings. The van der Waals surface area contributed by atoms with Crippen molar-refractivity contribution in [2.75, 3.05) is 18.1 Å². The number of unbranched alkanes of at least 4 members (excludes halogenated alkanes) is 1. The number of halogens is 1. The number of aryl methyl sites for hydroxylation is 1. The van der Waals surface area contributed by atoms with Crippen LogP contribution in [0.3, 0.4) is 0 Å². The number of esters is 1. The molecular formula is C28H27BrN2O6S. The van der Waals surface area contributed by atoms with Crippen LogP contribution in [-0.2, 0) is 14.3 Å². The number of thiazole rings is 1. The van der Waals surface area contributed by atoms with Gasteiger partial charge in [-0.25, -0.2) is 9.78 Å². The molecule has 0 radical (unpaired) electrons. The SMILES string of the molecule is CCCCOc1cccc(/C(O)=C2\C(=O)C(=O)N(c3nc(C)c(C(=O)OCC)s3)C2c2cccc(Br)c2)c1. The van der Waals surface area contributed by atoms with Crippen LogP contribution in [0.5, 0.6) is 5.75 Å². The summed E-state index contributed by atoms with van der Waals surface area (Å²) in [5, 5.41) is 11.6. The summed E-state index contributed by atoms with van der Waals surface area (Å²) in [6.45, 7) is 6.11. The molecule has 38 heavy (non-hydrogen) atoms. The van der Waals surface area contributed by atoms with E-state index in [0.717, 1.165) is 28.7 Å². The van der Waals surface area contributed by atoms with E-state index in [9.17, 15) is 19.5 Å². The maximum atomic E-state index is 13.4. The number of rotatable bonds is 9. The summed E-state index contributed by atoms with van der Waals surface area (Å²) in [6, 6.07) is 12.9. The fourth-order valence-corrected chi connectivity index (χ4v) is 5.52. The molecule has 1 amide bonds. The molecule has 1 N–H and O–H groups in total. The van der Waals surface area contributed by atoms with Gasteiger partial charge in [-0.05, 0) is 50.1 Å². The van der Waals surface area contributed by atoms with E-state index in [0.29, 0.717) is 29.2 Å². The second-order valence-corrected chi connectivity index (χ2v) is 10.5. The lowest BCUT2D eigenvalue weighted by molar-refractivity contribution is -0.132. The molecule has 1 aromatic heterocycles. The van der Waals surface area contributed by atoms with Gasteiger partial charge >= 0.3 is 11.9 Å². The van der Waals surface area contributed by atoms with Crippen LogP contribution in [-0.4, -0.2) is 41.0 Å². The summed E-state index contributed by atoms with van der Waals surface area (Å²) in [7, 11) is 0. The summed E-state index contributed by atoms with van der Waals surface area (Å²) in [4.78, 5) is 45.2. The molecule has 0 bridgehead atoms. The molecule has 2 aromatic carbocycles.